The number of nitrogens with two attached hydrogens (primary N) is 1. The molecule has 16 heavy (non-hydrogen) atoms. The van der Waals surface area contributed by atoms with Gasteiger partial charge >= 0.3 is 0 Å². The van der Waals surface area contributed by atoms with Crippen molar-refractivity contribution in [2.24, 2.45) is 0 Å². The molecule has 2 aromatic rings. The van der Waals surface area contributed by atoms with Gasteiger partial charge in [-0.1, -0.05) is 6.07 Å². The maximum Gasteiger partial charge on any atom is 0.224 e. The third-order valence-electron chi connectivity index (χ3n) is 1.88. The molecule has 0 amide bonds. The lowest BCUT2D eigenvalue weighted by Crippen LogP contribution is -2.00. The average Bonchev–Trinajstić information content (AvgIpc) is 2.20. The molecule has 0 bridgehead atoms. The van der Waals surface area contributed by atoms with Crippen molar-refractivity contribution in [3.63, 3.8) is 0 Å². The van der Waals surface area contributed by atoms with Gasteiger partial charge in [0.15, 0.2) is 0 Å². The first kappa shape index (κ1) is 11.2. The number of aromatic nitrogens is 3. The first-order chi connectivity index (χ1) is 7.58. The van der Waals surface area contributed by atoms with E-state index in [1.165, 1.54) is 6.07 Å². The predicted octanol–water partition coefficient (Wildman–Crippen LogP) is 2.68. The van der Waals surface area contributed by atoms with E-state index in [9.17, 15) is 4.39 Å². The summed E-state index contributed by atoms with van der Waals surface area (Å²) in [6, 6.07) is 4.61. The number of rotatable bonds is 1. The van der Waals surface area contributed by atoms with Crippen LogP contribution in [-0.2, 0) is 0 Å². The average molecular weight is 301 g/mol. The minimum Gasteiger partial charge on any atom is -0.369 e. The zero-order valence-electron chi connectivity index (χ0n) is 7.87. The molecule has 0 fully saturated rings. The molecule has 7 heteroatoms. The van der Waals surface area contributed by atoms with E-state index in [1.807, 2.05) is 0 Å². The van der Waals surface area contributed by atoms with Crippen molar-refractivity contribution in [2.45, 2.75) is 0 Å². The summed E-state index contributed by atoms with van der Waals surface area (Å²) in [6.45, 7) is 0. The van der Waals surface area contributed by atoms with Gasteiger partial charge in [-0.25, -0.2) is 9.37 Å². The normalized spacial score (nSPS) is 10.4. The highest BCUT2D eigenvalue weighted by Crippen LogP contribution is 2.27. The highest BCUT2D eigenvalue weighted by Gasteiger charge is 2.09. The van der Waals surface area contributed by atoms with Crippen LogP contribution >= 0.6 is 28.1 Å². The van der Waals surface area contributed by atoms with E-state index in [1.54, 1.807) is 12.1 Å². The Hall–Kier alpha value is -1.34. The van der Waals surface area contributed by atoms with Crippen molar-refractivity contribution in [2.75, 3.05) is 5.73 Å². The van der Waals surface area contributed by atoms with Gasteiger partial charge in [-0.3, -0.25) is 0 Å². The summed E-state index contributed by atoms with van der Waals surface area (Å²) in [5.74, 6) is 0.143. The maximum absolute atomic E-state index is 13.3. The Bertz CT molecular complexity index is 598. The zero-order valence-corrected chi connectivity index (χ0v) is 10.3. The monoisotopic (exact) mass is 300 g/mol. The SMILES string of the molecule is Nc1nc(=S)nc(-c2cccc(F)c2Br)[nH]1. The minimum atomic E-state index is -0.381. The van der Waals surface area contributed by atoms with Crippen LogP contribution in [0, 0.1) is 10.6 Å². The number of H-pyrrole nitrogens is 1. The van der Waals surface area contributed by atoms with Crippen LogP contribution in [0.4, 0.5) is 10.3 Å². The predicted molar refractivity (Wildman–Crippen MR) is 64.7 cm³/mol. The van der Waals surface area contributed by atoms with Gasteiger partial charge in [-0.2, -0.15) is 4.98 Å². The lowest BCUT2D eigenvalue weighted by atomic mass is 10.2. The number of nitrogens with one attached hydrogen (secondary N) is 1. The second-order valence-corrected chi connectivity index (χ2v) is 4.12. The molecule has 82 valence electrons. The van der Waals surface area contributed by atoms with E-state index >= 15 is 0 Å². The lowest BCUT2D eigenvalue weighted by molar-refractivity contribution is 0.621. The fraction of sp³-hybridized carbons (Fsp3) is 0. The first-order valence-electron chi connectivity index (χ1n) is 4.26. The van der Waals surface area contributed by atoms with Crippen molar-refractivity contribution in [3.05, 3.63) is 33.3 Å². The molecule has 0 unspecified atom stereocenters. The summed E-state index contributed by atoms with van der Waals surface area (Å²) in [6.07, 6.45) is 0. The molecule has 0 radical (unpaired) electrons. The highest BCUT2D eigenvalue weighted by atomic mass is 79.9. The van der Waals surface area contributed by atoms with Crippen LogP contribution in [0.1, 0.15) is 0 Å². The van der Waals surface area contributed by atoms with Crippen LogP contribution in [-0.4, -0.2) is 15.0 Å². The molecule has 0 aliphatic heterocycles. The largest absolute Gasteiger partial charge is 0.369 e. The van der Waals surface area contributed by atoms with Crippen molar-refractivity contribution in [3.8, 4) is 11.4 Å². The van der Waals surface area contributed by atoms with Crippen LogP contribution in [0.2, 0.25) is 0 Å². The Kier molecular flexibility index (Phi) is 2.97. The van der Waals surface area contributed by atoms with E-state index < -0.39 is 0 Å². The van der Waals surface area contributed by atoms with Crippen LogP contribution in [0.25, 0.3) is 11.4 Å². The van der Waals surface area contributed by atoms with Gasteiger partial charge in [0.25, 0.3) is 0 Å². The smallest absolute Gasteiger partial charge is 0.224 e. The summed E-state index contributed by atoms with van der Waals surface area (Å²) < 4.78 is 13.7. The molecule has 0 saturated carbocycles. The quantitative estimate of drug-likeness (QED) is 0.795. The van der Waals surface area contributed by atoms with Crippen molar-refractivity contribution in [1.82, 2.24) is 15.0 Å². The summed E-state index contributed by atoms with van der Waals surface area (Å²) in [5, 5.41) is 0. The summed E-state index contributed by atoms with van der Waals surface area (Å²) in [4.78, 5) is 10.4. The molecule has 0 aliphatic rings. The molecule has 4 nitrogen and oxygen atoms in total. The molecular weight excluding hydrogens is 295 g/mol. The van der Waals surface area contributed by atoms with Gasteiger partial charge in [-0.15, -0.1) is 0 Å². The van der Waals surface area contributed by atoms with Crippen LogP contribution in [0.5, 0.6) is 0 Å². The van der Waals surface area contributed by atoms with Gasteiger partial charge in [0.2, 0.25) is 10.7 Å². The van der Waals surface area contributed by atoms with Gasteiger partial charge in [-0.05, 0) is 40.3 Å². The van der Waals surface area contributed by atoms with E-state index in [-0.39, 0.29) is 16.5 Å². The van der Waals surface area contributed by atoms with Crippen molar-refractivity contribution < 1.29 is 4.39 Å². The number of anilines is 1. The Balaban J connectivity index is 2.67. The second-order valence-electron chi connectivity index (χ2n) is 2.97. The molecule has 1 aromatic heterocycles. The third kappa shape index (κ3) is 2.10. The minimum absolute atomic E-state index is 0.113. The fourth-order valence-electron chi connectivity index (χ4n) is 1.22. The van der Waals surface area contributed by atoms with Gasteiger partial charge in [0.1, 0.15) is 11.6 Å². The van der Waals surface area contributed by atoms with E-state index in [0.717, 1.165) is 0 Å². The standard InChI is InChI=1S/C9H6BrFN4S/c10-6-4(2-1-3-5(6)11)7-13-8(12)15-9(16)14-7/h1-3H,(H3,12,13,14,15,16). The lowest BCUT2D eigenvalue weighted by Gasteiger charge is -2.04. The number of halogens is 2. The number of hydrogen-bond donors (Lipinski definition) is 2. The van der Waals surface area contributed by atoms with Gasteiger partial charge in [0, 0.05) is 5.56 Å². The molecule has 2 rings (SSSR count). The first-order valence-corrected chi connectivity index (χ1v) is 5.46. The Morgan fingerprint density at radius 1 is 1.38 bits per heavy atom. The molecule has 0 aliphatic carbocycles. The van der Waals surface area contributed by atoms with E-state index in [4.69, 9.17) is 18.0 Å². The summed E-state index contributed by atoms with van der Waals surface area (Å²) in [5.41, 5.74) is 6.04. The molecule has 0 spiro atoms. The number of aromatic amines is 1. The zero-order chi connectivity index (χ0) is 11.7. The fourth-order valence-corrected chi connectivity index (χ4v) is 1.86. The maximum atomic E-state index is 13.3. The number of hydrogen-bond acceptors (Lipinski definition) is 4. The molecular formula is C9H6BrFN4S. The number of benzene rings is 1. The van der Waals surface area contributed by atoms with E-state index in [0.29, 0.717) is 15.9 Å². The molecule has 1 heterocycles. The van der Waals surface area contributed by atoms with Crippen LogP contribution in [0.15, 0.2) is 22.7 Å². The topological polar surface area (TPSA) is 67.6 Å². The Morgan fingerprint density at radius 3 is 2.81 bits per heavy atom. The Labute approximate surface area is 104 Å². The molecule has 3 N–H and O–H groups in total. The molecule has 1 aromatic carbocycles. The van der Waals surface area contributed by atoms with Gasteiger partial charge < -0.3 is 10.7 Å². The highest BCUT2D eigenvalue weighted by molar-refractivity contribution is 9.10. The number of nitrogen functional groups attached to an aromatic ring is 1. The second kappa shape index (κ2) is 4.26. The summed E-state index contributed by atoms with van der Waals surface area (Å²) in [7, 11) is 0. The van der Waals surface area contributed by atoms with Crippen LogP contribution < -0.4 is 5.73 Å². The molecule has 0 saturated heterocycles. The summed E-state index contributed by atoms with van der Waals surface area (Å²) >= 11 is 7.97. The van der Waals surface area contributed by atoms with E-state index in [2.05, 4.69) is 30.9 Å². The van der Waals surface area contributed by atoms with Gasteiger partial charge in [0.05, 0.1) is 4.47 Å². The van der Waals surface area contributed by atoms with Crippen molar-refractivity contribution in [1.29, 1.82) is 0 Å². The molecule has 0 atom stereocenters. The van der Waals surface area contributed by atoms with Crippen LogP contribution in [0.3, 0.4) is 0 Å². The third-order valence-corrected chi connectivity index (χ3v) is 2.87. The number of nitrogens with zero attached hydrogens (tertiary/aromatic N) is 2. The van der Waals surface area contributed by atoms with Crippen molar-refractivity contribution >= 4 is 34.1 Å². The Morgan fingerprint density at radius 2 is 2.12 bits per heavy atom.